The molecule has 2 aromatic carbocycles. The predicted octanol–water partition coefficient (Wildman–Crippen LogP) is 3.78. The number of amides is 2. The van der Waals surface area contributed by atoms with Crippen LogP contribution in [0.15, 0.2) is 77.9 Å². The molecule has 1 aliphatic heterocycles. The van der Waals surface area contributed by atoms with Crippen molar-refractivity contribution >= 4 is 35.1 Å². The number of hydrogen-bond acceptors (Lipinski definition) is 5. The summed E-state index contributed by atoms with van der Waals surface area (Å²) >= 11 is 5.81. The van der Waals surface area contributed by atoms with Gasteiger partial charge in [-0.15, -0.1) is 0 Å². The third-order valence-corrected chi connectivity index (χ3v) is 5.13. The first-order valence-corrected chi connectivity index (χ1v) is 10.1. The van der Waals surface area contributed by atoms with Crippen LogP contribution in [0, 0.1) is 0 Å². The second-order valence-electron chi connectivity index (χ2n) is 7.11. The molecule has 0 radical (unpaired) electrons. The molecule has 3 aromatic rings. The summed E-state index contributed by atoms with van der Waals surface area (Å²) in [5, 5.41) is 3.26. The lowest BCUT2D eigenvalue weighted by Crippen LogP contribution is -2.45. The highest BCUT2D eigenvalue weighted by Crippen LogP contribution is 2.28. The van der Waals surface area contributed by atoms with Crippen molar-refractivity contribution in [1.82, 2.24) is 9.88 Å². The zero-order valence-corrected chi connectivity index (χ0v) is 17.3. The number of benzene rings is 2. The molecule has 31 heavy (non-hydrogen) atoms. The largest absolute Gasteiger partial charge is 0.369 e. The third-order valence-electron chi connectivity index (χ3n) is 4.91. The number of nitrogens with zero attached hydrogens (tertiary/aromatic N) is 3. The molecule has 156 valence electrons. The summed E-state index contributed by atoms with van der Waals surface area (Å²) < 4.78 is 0. The lowest BCUT2D eigenvalue weighted by Gasteiger charge is -2.29. The fraction of sp³-hybridized carbons (Fsp3) is 0.130. The maximum Gasteiger partial charge on any atom is 0.274 e. The van der Waals surface area contributed by atoms with Crippen LogP contribution in [0.4, 0.5) is 5.69 Å². The number of hydrogen-bond donors (Lipinski definition) is 2. The second-order valence-corrected chi connectivity index (χ2v) is 7.55. The summed E-state index contributed by atoms with van der Waals surface area (Å²) in [6.45, 7) is 0.381. The molecule has 1 unspecified atom stereocenters. The fourth-order valence-electron chi connectivity index (χ4n) is 3.33. The Hall–Kier alpha value is -3.71. The molecule has 0 fully saturated rings. The van der Waals surface area contributed by atoms with Crippen LogP contribution in [0.25, 0.3) is 0 Å². The van der Waals surface area contributed by atoms with E-state index in [2.05, 4.69) is 15.3 Å². The average Bonchev–Trinajstić information content (AvgIpc) is 2.77. The van der Waals surface area contributed by atoms with Gasteiger partial charge in [-0.25, -0.2) is 9.98 Å². The zero-order chi connectivity index (χ0) is 21.8. The normalized spacial score (nSPS) is 16.0. The van der Waals surface area contributed by atoms with Gasteiger partial charge in [0.2, 0.25) is 5.91 Å². The van der Waals surface area contributed by atoms with Gasteiger partial charge in [-0.05, 0) is 35.4 Å². The van der Waals surface area contributed by atoms with Crippen LogP contribution in [0.3, 0.4) is 0 Å². The first-order chi connectivity index (χ1) is 15.0. The van der Waals surface area contributed by atoms with E-state index in [4.69, 9.17) is 17.3 Å². The van der Waals surface area contributed by atoms with Crippen LogP contribution in [0.5, 0.6) is 0 Å². The number of guanidine groups is 1. The standard InChI is InChI=1S/C23H20ClN5O2/c24-17-9-10-19(26-13-17)22(31)27-18-8-4-7-16(11-18)20-12-21(30)29(23(25)28-20)14-15-5-2-1-3-6-15/h1-11,13,20H,12,14H2,(H2,25,28)(H,27,31). The van der Waals surface area contributed by atoms with Crippen molar-refractivity contribution in [2.24, 2.45) is 10.7 Å². The average molecular weight is 434 g/mol. The van der Waals surface area contributed by atoms with Crippen molar-refractivity contribution in [3.8, 4) is 0 Å². The Morgan fingerprint density at radius 3 is 2.65 bits per heavy atom. The number of carbonyl (C=O) groups excluding carboxylic acids is 2. The molecule has 1 aliphatic rings. The van der Waals surface area contributed by atoms with Gasteiger partial charge in [-0.2, -0.15) is 0 Å². The maximum absolute atomic E-state index is 12.7. The Morgan fingerprint density at radius 1 is 1.13 bits per heavy atom. The van der Waals surface area contributed by atoms with Crippen molar-refractivity contribution in [2.45, 2.75) is 19.0 Å². The van der Waals surface area contributed by atoms with Crippen LogP contribution in [-0.4, -0.2) is 27.7 Å². The van der Waals surface area contributed by atoms with Gasteiger partial charge in [-0.3, -0.25) is 14.5 Å². The Balaban J connectivity index is 1.49. The van der Waals surface area contributed by atoms with E-state index < -0.39 is 6.04 Å². The van der Waals surface area contributed by atoms with Crippen molar-refractivity contribution in [2.75, 3.05) is 5.32 Å². The molecule has 0 saturated heterocycles. The number of nitrogens with two attached hydrogens (primary N) is 1. The summed E-state index contributed by atoms with van der Waals surface area (Å²) in [4.78, 5) is 35.2. The lowest BCUT2D eigenvalue weighted by atomic mass is 10.0. The highest BCUT2D eigenvalue weighted by Gasteiger charge is 2.28. The van der Waals surface area contributed by atoms with Crippen molar-refractivity contribution in [3.63, 3.8) is 0 Å². The first-order valence-electron chi connectivity index (χ1n) is 9.70. The minimum absolute atomic E-state index is 0.0962. The van der Waals surface area contributed by atoms with Crippen LogP contribution < -0.4 is 11.1 Å². The number of nitrogens with one attached hydrogen (secondary N) is 1. The minimum atomic E-state index is -0.412. The SMILES string of the molecule is NC1=NC(c2cccc(NC(=O)c3ccc(Cl)cn3)c2)CC(=O)N1Cc1ccccc1. The molecule has 1 aromatic heterocycles. The molecule has 3 N–H and O–H groups in total. The summed E-state index contributed by atoms with van der Waals surface area (Å²) in [6, 6.07) is 19.6. The molecule has 2 heterocycles. The molecule has 4 rings (SSSR count). The van der Waals surface area contributed by atoms with E-state index in [-0.39, 0.29) is 29.9 Å². The van der Waals surface area contributed by atoms with Gasteiger partial charge in [0.05, 0.1) is 24.0 Å². The fourth-order valence-corrected chi connectivity index (χ4v) is 3.45. The van der Waals surface area contributed by atoms with Gasteiger partial charge in [0.25, 0.3) is 5.91 Å². The lowest BCUT2D eigenvalue weighted by molar-refractivity contribution is -0.128. The molecule has 2 amide bonds. The number of carbonyl (C=O) groups is 2. The van der Waals surface area contributed by atoms with Crippen LogP contribution >= 0.6 is 11.6 Å². The molecule has 0 spiro atoms. The van der Waals surface area contributed by atoms with E-state index in [9.17, 15) is 9.59 Å². The number of pyridine rings is 1. The number of halogens is 1. The van der Waals surface area contributed by atoms with Crippen LogP contribution in [0.1, 0.15) is 34.1 Å². The Bertz CT molecular complexity index is 1130. The maximum atomic E-state index is 12.7. The Labute approximate surface area is 184 Å². The van der Waals surface area contributed by atoms with Crippen molar-refractivity contribution in [1.29, 1.82) is 0 Å². The van der Waals surface area contributed by atoms with Gasteiger partial charge in [-0.1, -0.05) is 54.1 Å². The Morgan fingerprint density at radius 2 is 1.94 bits per heavy atom. The Kier molecular flexibility index (Phi) is 5.95. The number of anilines is 1. The van der Waals surface area contributed by atoms with Crippen LogP contribution in [0.2, 0.25) is 5.02 Å². The van der Waals surface area contributed by atoms with Gasteiger partial charge in [0.1, 0.15) is 5.69 Å². The predicted molar refractivity (Wildman–Crippen MR) is 120 cm³/mol. The van der Waals surface area contributed by atoms with E-state index >= 15 is 0 Å². The number of aliphatic imine (C=N–C) groups is 1. The first kappa shape index (κ1) is 20.6. The van der Waals surface area contributed by atoms with Gasteiger partial charge in [0.15, 0.2) is 5.96 Å². The van der Waals surface area contributed by atoms with E-state index in [0.717, 1.165) is 11.1 Å². The second kappa shape index (κ2) is 8.97. The quantitative estimate of drug-likeness (QED) is 0.639. The zero-order valence-electron chi connectivity index (χ0n) is 16.5. The summed E-state index contributed by atoms with van der Waals surface area (Å²) in [7, 11) is 0. The topological polar surface area (TPSA) is 101 Å². The highest BCUT2D eigenvalue weighted by atomic mass is 35.5. The summed E-state index contributed by atoms with van der Waals surface area (Å²) in [6.07, 6.45) is 1.61. The summed E-state index contributed by atoms with van der Waals surface area (Å²) in [5.74, 6) is -0.267. The number of aromatic nitrogens is 1. The smallest absolute Gasteiger partial charge is 0.274 e. The molecular formula is C23H20ClN5O2. The minimum Gasteiger partial charge on any atom is -0.369 e. The molecule has 1 atom stereocenters. The van der Waals surface area contributed by atoms with Gasteiger partial charge in [0, 0.05) is 11.9 Å². The molecule has 0 aliphatic carbocycles. The van der Waals surface area contributed by atoms with Gasteiger partial charge >= 0.3 is 0 Å². The van der Waals surface area contributed by atoms with E-state index in [1.807, 2.05) is 36.4 Å². The molecule has 0 bridgehead atoms. The summed E-state index contributed by atoms with van der Waals surface area (Å²) in [5.41, 5.74) is 8.71. The molecule has 0 saturated carbocycles. The molecule has 7 nitrogen and oxygen atoms in total. The number of rotatable bonds is 5. The third kappa shape index (κ3) is 4.90. The van der Waals surface area contributed by atoms with E-state index in [1.54, 1.807) is 30.3 Å². The van der Waals surface area contributed by atoms with Crippen LogP contribution in [-0.2, 0) is 11.3 Å². The molecule has 8 heteroatoms. The van der Waals surface area contributed by atoms with E-state index in [1.165, 1.54) is 11.1 Å². The highest BCUT2D eigenvalue weighted by molar-refractivity contribution is 6.30. The monoisotopic (exact) mass is 433 g/mol. The van der Waals surface area contributed by atoms with Crippen molar-refractivity contribution < 1.29 is 9.59 Å². The van der Waals surface area contributed by atoms with Gasteiger partial charge < -0.3 is 11.1 Å². The van der Waals surface area contributed by atoms with Crippen molar-refractivity contribution in [3.05, 3.63) is 94.8 Å². The van der Waals surface area contributed by atoms with E-state index in [0.29, 0.717) is 17.3 Å². The molecular weight excluding hydrogens is 414 g/mol.